The zero-order valence-electron chi connectivity index (χ0n) is 20.3. The van der Waals surface area contributed by atoms with Gasteiger partial charge < -0.3 is 19.4 Å². The van der Waals surface area contributed by atoms with Crippen LogP contribution >= 0.6 is 0 Å². The number of ether oxygens (including phenoxy) is 1. The van der Waals surface area contributed by atoms with Crippen LogP contribution in [0.25, 0.3) is 28.2 Å². The Bertz CT molecular complexity index is 1170. The van der Waals surface area contributed by atoms with Crippen LogP contribution in [0.5, 0.6) is 0 Å². The highest BCUT2D eigenvalue weighted by molar-refractivity contribution is 6.01. The second-order valence-corrected chi connectivity index (χ2v) is 8.21. The van der Waals surface area contributed by atoms with E-state index in [1.165, 1.54) is 17.1 Å². The molecule has 0 aliphatic heterocycles. The molecule has 0 atom stereocenters. The Balaban J connectivity index is 1.77. The van der Waals surface area contributed by atoms with Crippen molar-refractivity contribution in [2.24, 2.45) is 0 Å². The van der Waals surface area contributed by atoms with Crippen molar-refractivity contribution in [3.8, 4) is 17.4 Å². The number of amides is 1. The highest BCUT2D eigenvalue weighted by atomic mass is 16.5. The third kappa shape index (κ3) is 6.49. The van der Waals surface area contributed by atoms with Crippen LogP contribution in [0, 0.1) is 11.3 Å². The second-order valence-electron chi connectivity index (χ2n) is 8.21. The van der Waals surface area contributed by atoms with E-state index in [4.69, 9.17) is 9.15 Å². The first-order chi connectivity index (χ1) is 16.6. The molecule has 0 saturated carbocycles. The van der Waals surface area contributed by atoms with Crippen LogP contribution in [0.4, 0.5) is 5.69 Å². The minimum atomic E-state index is -0.418. The van der Waals surface area contributed by atoms with E-state index >= 15 is 0 Å². The van der Waals surface area contributed by atoms with Crippen molar-refractivity contribution in [3.63, 3.8) is 0 Å². The summed E-state index contributed by atoms with van der Waals surface area (Å²) >= 11 is 0. The van der Waals surface area contributed by atoms with E-state index in [1.807, 2.05) is 18.2 Å². The van der Waals surface area contributed by atoms with Gasteiger partial charge in [0.2, 0.25) is 0 Å². The zero-order chi connectivity index (χ0) is 24.3. The van der Waals surface area contributed by atoms with Gasteiger partial charge in [0.25, 0.3) is 5.91 Å². The summed E-state index contributed by atoms with van der Waals surface area (Å²) in [5, 5.41) is 14.4. The molecule has 0 aliphatic carbocycles. The average Bonchev–Trinajstić information content (AvgIpc) is 3.33. The van der Waals surface area contributed by atoms with E-state index < -0.39 is 5.91 Å². The van der Waals surface area contributed by atoms with Crippen molar-refractivity contribution >= 4 is 28.4 Å². The van der Waals surface area contributed by atoms with Crippen LogP contribution in [-0.2, 0) is 9.53 Å². The number of fused-ring (bicyclic) bond motifs is 1. The SMILES string of the molecule is CCCN(CCC)c1ccc2cc(-c3ccc(/C=C(\C#N)C(=O)NCCCOC)o3)ccc2c1. The molecular weight excluding hydrogens is 426 g/mol. The molecule has 6 heteroatoms. The molecule has 2 aromatic carbocycles. The zero-order valence-corrected chi connectivity index (χ0v) is 20.3. The van der Waals surface area contributed by atoms with Gasteiger partial charge in [-0.25, -0.2) is 0 Å². The first kappa shape index (κ1) is 25.1. The van der Waals surface area contributed by atoms with Crippen molar-refractivity contribution in [1.29, 1.82) is 5.26 Å². The van der Waals surface area contributed by atoms with Crippen LogP contribution in [0.1, 0.15) is 38.9 Å². The van der Waals surface area contributed by atoms with Gasteiger partial charge in [-0.05, 0) is 60.4 Å². The van der Waals surface area contributed by atoms with Crippen LogP contribution in [-0.4, -0.2) is 39.3 Å². The number of rotatable bonds is 12. The summed E-state index contributed by atoms with van der Waals surface area (Å²) in [6.45, 7) is 7.51. The number of methoxy groups -OCH3 is 1. The van der Waals surface area contributed by atoms with E-state index in [9.17, 15) is 10.1 Å². The third-order valence-electron chi connectivity index (χ3n) is 5.55. The van der Waals surface area contributed by atoms with Gasteiger partial charge in [0.05, 0.1) is 0 Å². The fourth-order valence-corrected chi connectivity index (χ4v) is 3.88. The highest BCUT2D eigenvalue weighted by Gasteiger charge is 2.12. The predicted octanol–water partition coefficient (Wildman–Crippen LogP) is 5.79. The van der Waals surface area contributed by atoms with Crippen LogP contribution in [0.15, 0.2) is 58.5 Å². The Morgan fingerprint density at radius 2 is 1.82 bits per heavy atom. The molecule has 0 aliphatic rings. The van der Waals surface area contributed by atoms with Crippen molar-refractivity contribution in [3.05, 3.63) is 59.9 Å². The Kier molecular flexibility index (Phi) is 9.30. The quantitative estimate of drug-likeness (QED) is 0.211. The van der Waals surface area contributed by atoms with Gasteiger partial charge in [0.1, 0.15) is 23.2 Å². The lowest BCUT2D eigenvalue weighted by molar-refractivity contribution is -0.117. The van der Waals surface area contributed by atoms with Gasteiger partial charge in [0.15, 0.2) is 0 Å². The smallest absolute Gasteiger partial charge is 0.262 e. The maximum atomic E-state index is 12.2. The average molecular weight is 460 g/mol. The fraction of sp³-hybridized carbons (Fsp3) is 0.357. The summed E-state index contributed by atoms with van der Waals surface area (Å²) in [6.07, 6.45) is 4.40. The number of nitriles is 1. The second kappa shape index (κ2) is 12.6. The Hall–Kier alpha value is -3.56. The molecule has 1 heterocycles. The third-order valence-corrected chi connectivity index (χ3v) is 5.55. The molecular formula is C28H33N3O3. The van der Waals surface area contributed by atoms with Crippen molar-refractivity contribution in [2.45, 2.75) is 33.1 Å². The number of carbonyl (C=O) groups is 1. The number of furan rings is 1. The van der Waals surface area contributed by atoms with Crippen LogP contribution in [0.2, 0.25) is 0 Å². The number of benzene rings is 2. The highest BCUT2D eigenvalue weighted by Crippen LogP contribution is 2.29. The molecule has 0 saturated heterocycles. The van der Waals surface area contributed by atoms with Crippen molar-refractivity contribution in [2.75, 3.05) is 38.3 Å². The molecule has 0 spiro atoms. The number of carbonyl (C=O) groups excluding carboxylic acids is 1. The first-order valence-electron chi connectivity index (χ1n) is 11.9. The van der Waals surface area contributed by atoms with Crippen molar-refractivity contribution < 1.29 is 13.9 Å². The maximum Gasteiger partial charge on any atom is 0.262 e. The molecule has 1 amide bonds. The topological polar surface area (TPSA) is 78.5 Å². The van der Waals surface area contributed by atoms with Crippen molar-refractivity contribution in [1.82, 2.24) is 5.32 Å². The summed E-state index contributed by atoms with van der Waals surface area (Å²) in [4.78, 5) is 14.7. The Labute approximate surface area is 201 Å². The molecule has 0 unspecified atom stereocenters. The standard InChI is InChI=1S/C28H33N3O3/c1-4-14-31(15-5-2)25-10-9-21-17-23(8-7-22(21)18-25)27-12-11-26(34-27)19-24(20-29)28(32)30-13-6-16-33-3/h7-12,17-19H,4-6,13-16H2,1-3H3,(H,30,32)/b24-19+. The summed E-state index contributed by atoms with van der Waals surface area (Å²) < 4.78 is 10.9. The van der Waals surface area contributed by atoms with Gasteiger partial charge in [-0.3, -0.25) is 4.79 Å². The molecule has 0 fully saturated rings. The van der Waals surface area contributed by atoms with E-state index in [1.54, 1.807) is 13.2 Å². The fourth-order valence-electron chi connectivity index (χ4n) is 3.88. The van der Waals surface area contributed by atoms with E-state index in [2.05, 4.69) is 54.4 Å². The molecule has 1 N–H and O–H groups in total. The molecule has 3 rings (SSSR count). The summed E-state index contributed by atoms with van der Waals surface area (Å²) in [5.74, 6) is 0.732. The largest absolute Gasteiger partial charge is 0.457 e. The number of nitrogens with one attached hydrogen (secondary N) is 1. The van der Waals surface area contributed by atoms with Gasteiger partial charge >= 0.3 is 0 Å². The van der Waals surface area contributed by atoms with Gasteiger partial charge in [-0.15, -0.1) is 0 Å². The molecule has 6 nitrogen and oxygen atoms in total. The monoisotopic (exact) mass is 459 g/mol. The number of anilines is 1. The molecule has 34 heavy (non-hydrogen) atoms. The van der Waals surface area contributed by atoms with E-state index in [0.29, 0.717) is 31.1 Å². The summed E-state index contributed by atoms with van der Waals surface area (Å²) in [5.41, 5.74) is 2.20. The number of hydrogen-bond donors (Lipinski definition) is 1. The molecule has 0 radical (unpaired) electrons. The van der Waals surface area contributed by atoms with Crippen LogP contribution in [0.3, 0.4) is 0 Å². The maximum absolute atomic E-state index is 12.2. The molecule has 178 valence electrons. The Morgan fingerprint density at radius 3 is 2.53 bits per heavy atom. The number of nitrogens with zero attached hydrogens (tertiary/aromatic N) is 2. The normalized spacial score (nSPS) is 11.4. The summed E-state index contributed by atoms with van der Waals surface area (Å²) in [7, 11) is 1.61. The van der Waals surface area contributed by atoms with E-state index in [0.717, 1.165) is 36.9 Å². The van der Waals surface area contributed by atoms with Crippen LogP contribution < -0.4 is 10.2 Å². The minimum Gasteiger partial charge on any atom is -0.457 e. The first-order valence-corrected chi connectivity index (χ1v) is 11.9. The predicted molar refractivity (Wildman–Crippen MR) is 138 cm³/mol. The lowest BCUT2D eigenvalue weighted by Crippen LogP contribution is -2.26. The summed E-state index contributed by atoms with van der Waals surface area (Å²) in [6, 6.07) is 18.4. The van der Waals surface area contributed by atoms with Gasteiger partial charge in [0, 0.05) is 50.7 Å². The minimum absolute atomic E-state index is 0.00747. The lowest BCUT2D eigenvalue weighted by Gasteiger charge is -2.24. The Morgan fingerprint density at radius 1 is 1.09 bits per heavy atom. The molecule has 1 aromatic heterocycles. The van der Waals surface area contributed by atoms with Gasteiger partial charge in [-0.1, -0.05) is 32.0 Å². The lowest BCUT2D eigenvalue weighted by atomic mass is 10.0. The number of hydrogen-bond acceptors (Lipinski definition) is 5. The molecule has 0 bridgehead atoms. The molecule has 3 aromatic rings. The van der Waals surface area contributed by atoms with E-state index in [-0.39, 0.29) is 5.57 Å². The van der Waals surface area contributed by atoms with Gasteiger partial charge in [-0.2, -0.15) is 5.26 Å².